The molecule has 2 heterocycles. The van der Waals surface area contributed by atoms with E-state index < -0.39 is 11.3 Å². The molecular formula is C14H22N4O2S2. The lowest BCUT2D eigenvalue weighted by molar-refractivity contribution is -0.145. The molecule has 0 aromatic carbocycles. The SMILES string of the molecule is CCC(=O)N1C(=S)N(C)C2(C)N(C)C(=S)N(C(=O)CC)C12C. The molecule has 0 radical (unpaired) electrons. The second-order valence-corrected chi connectivity index (χ2v) is 6.62. The number of rotatable bonds is 2. The Morgan fingerprint density at radius 3 is 1.45 bits per heavy atom. The van der Waals surface area contributed by atoms with Gasteiger partial charge in [0.2, 0.25) is 11.8 Å². The molecule has 0 saturated carbocycles. The molecule has 0 aromatic heterocycles. The fraction of sp³-hybridized carbons (Fsp3) is 0.714. The lowest BCUT2D eigenvalue weighted by Gasteiger charge is -2.44. The Hall–Kier alpha value is -1.28. The Balaban J connectivity index is 2.73. The zero-order valence-corrected chi connectivity index (χ0v) is 15.5. The van der Waals surface area contributed by atoms with Crippen molar-refractivity contribution in [3.63, 3.8) is 0 Å². The van der Waals surface area contributed by atoms with E-state index in [1.54, 1.807) is 23.6 Å². The first-order valence-corrected chi connectivity index (χ1v) is 8.13. The van der Waals surface area contributed by atoms with Crippen LogP contribution in [0.5, 0.6) is 0 Å². The second kappa shape index (κ2) is 5.13. The molecule has 2 aliphatic heterocycles. The third-order valence-corrected chi connectivity index (χ3v) is 6.05. The van der Waals surface area contributed by atoms with E-state index in [1.165, 1.54) is 0 Å². The van der Waals surface area contributed by atoms with Gasteiger partial charge in [-0.15, -0.1) is 0 Å². The molecule has 0 unspecified atom stereocenters. The van der Waals surface area contributed by atoms with Gasteiger partial charge in [0, 0.05) is 26.9 Å². The molecule has 0 atom stereocenters. The molecule has 0 aliphatic carbocycles. The molecule has 8 heteroatoms. The molecule has 2 amide bonds. The van der Waals surface area contributed by atoms with Crippen LogP contribution in [-0.4, -0.2) is 67.1 Å². The molecule has 2 aliphatic rings. The minimum atomic E-state index is -0.954. The third-order valence-electron chi connectivity index (χ3n) is 5.13. The van der Waals surface area contributed by atoms with Gasteiger partial charge in [0.25, 0.3) is 0 Å². The van der Waals surface area contributed by atoms with Gasteiger partial charge in [0.15, 0.2) is 21.6 Å². The first-order chi connectivity index (χ1) is 10.1. The monoisotopic (exact) mass is 342 g/mol. The number of likely N-dealkylation sites (N-methyl/N-ethyl adjacent to an activating group) is 2. The predicted octanol–water partition coefficient (Wildman–Crippen LogP) is 1.36. The highest BCUT2D eigenvalue weighted by molar-refractivity contribution is 7.80. The summed E-state index contributed by atoms with van der Waals surface area (Å²) in [5, 5.41) is 0.834. The van der Waals surface area contributed by atoms with Gasteiger partial charge < -0.3 is 9.80 Å². The van der Waals surface area contributed by atoms with Crippen molar-refractivity contribution in [3.8, 4) is 0 Å². The lowest BCUT2D eigenvalue weighted by Crippen LogP contribution is -2.65. The van der Waals surface area contributed by atoms with Crippen LogP contribution in [-0.2, 0) is 9.59 Å². The summed E-state index contributed by atoms with van der Waals surface area (Å²) in [5.74, 6) is -0.231. The third kappa shape index (κ3) is 1.65. The lowest BCUT2D eigenvalue weighted by atomic mass is 9.95. The van der Waals surface area contributed by atoms with E-state index >= 15 is 0 Å². The number of hydrogen-bond acceptors (Lipinski definition) is 4. The van der Waals surface area contributed by atoms with Gasteiger partial charge in [-0.25, -0.2) is 0 Å². The molecule has 0 N–H and O–H groups in total. The summed E-state index contributed by atoms with van der Waals surface area (Å²) in [6, 6.07) is 0. The van der Waals surface area contributed by atoms with Crippen molar-refractivity contribution in [3.05, 3.63) is 0 Å². The Bertz CT molecular complexity index is 535. The molecule has 2 fully saturated rings. The fourth-order valence-corrected chi connectivity index (χ4v) is 4.36. The first-order valence-electron chi connectivity index (χ1n) is 7.32. The van der Waals surface area contributed by atoms with E-state index in [-0.39, 0.29) is 11.8 Å². The molecule has 0 aromatic rings. The Morgan fingerprint density at radius 2 is 1.18 bits per heavy atom. The van der Waals surface area contributed by atoms with E-state index in [0.717, 1.165) is 0 Å². The van der Waals surface area contributed by atoms with E-state index in [2.05, 4.69) is 0 Å². The highest BCUT2D eigenvalue weighted by Gasteiger charge is 2.72. The van der Waals surface area contributed by atoms with Crippen molar-refractivity contribution >= 4 is 46.5 Å². The topological polar surface area (TPSA) is 47.1 Å². The average molecular weight is 342 g/mol. The summed E-state index contributed by atoms with van der Waals surface area (Å²) in [6.07, 6.45) is 0.620. The molecule has 0 bridgehead atoms. The summed E-state index contributed by atoms with van der Waals surface area (Å²) in [4.78, 5) is 31.9. The smallest absolute Gasteiger partial charge is 0.230 e. The van der Waals surface area contributed by atoms with Gasteiger partial charge in [-0.3, -0.25) is 19.4 Å². The van der Waals surface area contributed by atoms with Gasteiger partial charge in [0.1, 0.15) is 0 Å². The van der Waals surface area contributed by atoms with Crippen molar-refractivity contribution < 1.29 is 9.59 Å². The molecular weight excluding hydrogens is 320 g/mol. The van der Waals surface area contributed by atoms with Crippen LogP contribution in [0, 0.1) is 0 Å². The number of carbonyl (C=O) groups is 2. The van der Waals surface area contributed by atoms with Crippen LogP contribution in [0.15, 0.2) is 0 Å². The standard InChI is InChI=1S/C14H22N4O2S2/c1-7-9(19)17-11(21)15(5)13(3)14(17,4)18(10(20)8-2)12(22)16(13)6/h7-8H2,1-6H3. The fourth-order valence-electron chi connectivity index (χ4n) is 3.44. The van der Waals surface area contributed by atoms with Gasteiger partial charge in [0.05, 0.1) is 0 Å². The van der Waals surface area contributed by atoms with Gasteiger partial charge in [-0.2, -0.15) is 0 Å². The zero-order valence-electron chi connectivity index (χ0n) is 13.8. The molecule has 0 spiro atoms. The summed E-state index contributed by atoms with van der Waals surface area (Å²) < 4.78 is 0. The van der Waals surface area contributed by atoms with Crippen molar-refractivity contribution in [2.45, 2.75) is 51.9 Å². The van der Waals surface area contributed by atoms with Crippen molar-refractivity contribution in [1.29, 1.82) is 0 Å². The maximum atomic E-state index is 12.5. The second-order valence-electron chi connectivity index (χ2n) is 5.89. The maximum absolute atomic E-state index is 12.5. The van der Waals surface area contributed by atoms with Crippen LogP contribution in [0.3, 0.4) is 0 Å². The maximum Gasteiger partial charge on any atom is 0.230 e. The normalized spacial score (nSPS) is 31.2. The summed E-state index contributed by atoms with van der Waals surface area (Å²) in [7, 11) is 3.67. The number of fused-ring (bicyclic) bond motifs is 1. The van der Waals surface area contributed by atoms with Crippen LogP contribution in [0.25, 0.3) is 0 Å². The van der Waals surface area contributed by atoms with E-state index in [1.807, 2.05) is 37.7 Å². The number of carbonyl (C=O) groups excluding carboxylic acids is 2. The van der Waals surface area contributed by atoms with Crippen LogP contribution < -0.4 is 0 Å². The Morgan fingerprint density at radius 1 is 0.864 bits per heavy atom. The number of thiocarbonyl (C=S) groups is 2. The van der Waals surface area contributed by atoms with Crippen molar-refractivity contribution in [1.82, 2.24) is 19.6 Å². The van der Waals surface area contributed by atoms with Crippen LogP contribution >= 0.6 is 24.4 Å². The Kier molecular flexibility index (Phi) is 3.98. The first kappa shape index (κ1) is 17.1. The van der Waals surface area contributed by atoms with Gasteiger partial charge >= 0.3 is 0 Å². The van der Waals surface area contributed by atoms with Crippen molar-refractivity contribution in [2.75, 3.05) is 14.1 Å². The van der Waals surface area contributed by atoms with Gasteiger partial charge in [-0.05, 0) is 38.3 Å². The highest BCUT2D eigenvalue weighted by Crippen LogP contribution is 2.50. The summed E-state index contributed by atoms with van der Waals surface area (Å²) in [5.41, 5.74) is -1.65. The number of amides is 2. The Labute approximate surface area is 142 Å². The van der Waals surface area contributed by atoms with Crippen LogP contribution in [0.4, 0.5) is 0 Å². The minimum Gasteiger partial charge on any atom is -0.325 e. The number of hydrogen-bond donors (Lipinski definition) is 0. The highest BCUT2D eigenvalue weighted by atomic mass is 32.1. The number of nitrogens with zero attached hydrogens (tertiary/aromatic N) is 4. The largest absolute Gasteiger partial charge is 0.325 e. The van der Waals surface area contributed by atoms with Crippen molar-refractivity contribution in [2.24, 2.45) is 0 Å². The molecule has 22 heavy (non-hydrogen) atoms. The van der Waals surface area contributed by atoms with E-state index in [4.69, 9.17) is 24.4 Å². The van der Waals surface area contributed by atoms with Gasteiger partial charge in [-0.1, -0.05) is 13.8 Å². The zero-order chi connectivity index (χ0) is 17.0. The van der Waals surface area contributed by atoms with E-state index in [0.29, 0.717) is 23.1 Å². The van der Waals surface area contributed by atoms with Crippen LogP contribution in [0.2, 0.25) is 0 Å². The average Bonchev–Trinajstić information content (AvgIpc) is 2.74. The molecule has 2 rings (SSSR count). The predicted molar refractivity (Wildman–Crippen MR) is 91.8 cm³/mol. The summed E-state index contributed by atoms with van der Waals surface area (Å²) in [6.45, 7) is 7.39. The van der Waals surface area contributed by atoms with E-state index in [9.17, 15) is 9.59 Å². The minimum absolute atomic E-state index is 0.116. The van der Waals surface area contributed by atoms with Crippen LogP contribution in [0.1, 0.15) is 40.5 Å². The molecule has 2 saturated heterocycles. The quantitative estimate of drug-likeness (QED) is 0.706. The molecule has 6 nitrogen and oxygen atoms in total. The summed E-state index contributed by atoms with van der Waals surface area (Å²) >= 11 is 11.0. The molecule has 122 valence electrons.